The molecule has 6 nitrogen and oxygen atoms in total. The van der Waals surface area contributed by atoms with Crippen LogP contribution < -0.4 is 5.32 Å². The molecule has 1 aromatic carbocycles. The second-order valence-corrected chi connectivity index (χ2v) is 5.25. The highest BCUT2D eigenvalue weighted by Crippen LogP contribution is 2.27. The summed E-state index contributed by atoms with van der Waals surface area (Å²) in [6, 6.07) is 5.72. The van der Waals surface area contributed by atoms with E-state index in [1.54, 1.807) is 15.7 Å². The maximum absolute atomic E-state index is 6.11. The van der Waals surface area contributed by atoms with Crippen molar-refractivity contribution < 1.29 is 0 Å². The van der Waals surface area contributed by atoms with Gasteiger partial charge in [0.25, 0.3) is 0 Å². The smallest absolute Gasteiger partial charge is 0.138 e. The molecule has 21 heavy (non-hydrogen) atoms. The molecule has 2 aromatic heterocycles. The maximum Gasteiger partial charge on any atom is 0.138 e. The number of hydrogen-bond acceptors (Lipinski definition) is 4. The summed E-state index contributed by atoms with van der Waals surface area (Å²) in [5, 5.41) is 12.5. The molecule has 0 bridgehead atoms. The molecule has 1 N–H and O–H groups in total. The highest BCUT2D eigenvalue weighted by Gasteiger charge is 2.12. The van der Waals surface area contributed by atoms with E-state index in [1.807, 2.05) is 37.6 Å². The summed E-state index contributed by atoms with van der Waals surface area (Å²) in [7, 11) is 1.90. The molecule has 0 aliphatic rings. The molecule has 3 aromatic rings. The molecular formula is C14H15ClN6. The first kappa shape index (κ1) is 13.6. The summed E-state index contributed by atoms with van der Waals surface area (Å²) in [6.07, 6.45) is 6.99. The fraction of sp³-hybridized carbons (Fsp3) is 0.214. The first-order chi connectivity index (χ1) is 10.1. The summed E-state index contributed by atoms with van der Waals surface area (Å²) in [4.78, 5) is 3.98. The molecule has 0 aliphatic carbocycles. The van der Waals surface area contributed by atoms with Crippen LogP contribution in [-0.2, 0) is 7.05 Å². The summed E-state index contributed by atoms with van der Waals surface area (Å²) >= 11 is 6.11. The van der Waals surface area contributed by atoms with Crippen molar-refractivity contribution in [3.63, 3.8) is 0 Å². The van der Waals surface area contributed by atoms with Gasteiger partial charge in [0.1, 0.15) is 12.7 Å². The van der Waals surface area contributed by atoms with Crippen LogP contribution >= 0.6 is 11.6 Å². The minimum Gasteiger partial charge on any atom is -0.377 e. The van der Waals surface area contributed by atoms with Gasteiger partial charge in [0, 0.05) is 23.8 Å². The number of nitrogens with one attached hydrogen (secondary N) is 1. The van der Waals surface area contributed by atoms with Gasteiger partial charge in [-0.1, -0.05) is 11.6 Å². The lowest BCUT2D eigenvalue weighted by molar-refractivity contribution is 0.765. The predicted molar refractivity (Wildman–Crippen MR) is 81.6 cm³/mol. The number of nitrogens with zero attached hydrogens (tertiary/aromatic N) is 5. The molecule has 0 saturated heterocycles. The minimum atomic E-state index is 0.0967. The number of benzene rings is 1. The van der Waals surface area contributed by atoms with Crippen LogP contribution in [0, 0.1) is 0 Å². The lowest BCUT2D eigenvalue weighted by Gasteiger charge is -2.17. The molecule has 1 unspecified atom stereocenters. The third-order valence-electron chi connectivity index (χ3n) is 3.22. The van der Waals surface area contributed by atoms with E-state index in [-0.39, 0.29) is 6.04 Å². The predicted octanol–water partition coefficient (Wildman–Crippen LogP) is 2.83. The average Bonchev–Trinajstić information content (AvgIpc) is 3.10. The molecule has 7 heteroatoms. The molecule has 0 amide bonds. The Hall–Kier alpha value is -2.34. The second kappa shape index (κ2) is 5.57. The Morgan fingerprint density at radius 2 is 2.14 bits per heavy atom. The number of rotatable bonds is 4. The Balaban J connectivity index is 1.92. The Bertz CT molecular complexity index is 734. The van der Waals surface area contributed by atoms with Crippen LogP contribution in [-0.4, -0.2) is 24.5 Å². The topological polar surface area (TPSA) is 60.6 Å². The second-order valence-electron chi connectivity index (χ2n) is 4.81. The Morgan fingerprint density at radius 1 is 1.29 bits per heavy atom. The largest absolute Gasteiger partial charge is 0.377 e. The van der Waals surface area contributed by atoms with Crippen molar-refractivity contribution in [1.29, 1.82) is 0 Å². The van der Waals surface area contributed by atoms with Crippen molar-refractivity contribution in [1.82, 2.24) is 24.5 Å². The van der Waals surface area contributed by atoms with E-state index in [0.29, 0.717) is 5.02 Å². The van der Waals surface area contributed by atoms with Crippen molar-refractivity contribution >= 4 is 17.3 Å². The first-order valence-corrected chi connectivity index (χ1v) is 6.91. The molecule has 0 fully saturated rings. The van der Waals surface area contributed by atoms with Gasteiger partial charge < -0.3 is 5.32 Å². The van der Waals surface area contributed by atoms with Crippen LogP contribution in [0.25, 0.3) is 5.69 Å². The quantitative estimate of drug-likeness (QED) is 0.805. The molecule has 108 valence electrons. The third kappa shape index (κ3) is 2.90. The van der Waals surface area contributed by atoms with Gasteiger partial charge in [-0.3, -0.25) is 4.68 Å². The van der Waals surface area contributed by atoms with Crippen LogP contribution in [0.4, 0.5) is 5.69 Å². The van der Waals surface area contributed by atoms with Gasteiger partial charge in [-0.15, -0.1) is 0 Å². The van der Waals surface area contributed by atoms with Crippen molar-refractivity contribution in [2.24, 2.45) is 7.05 Å². The Kier molecular flexibility index (Phi) is 3.62. The van der Waals surface area contributed by atoms with Crippen LogP contribution in [0.5, 0.6) is 0 Å². The zero-order valence-electron chi connectivity index (χ0n) is 11.7. The molecule has 2 heterocycles. The van der Waals surface area contributed by atoms with E-state index >= 15 is 0 Å². The van der Waals surface area contributed by atoms with Crippen molar-refractivity contribution in [2.45, 2.75) is 13.0 Å². The van der Waals surface area contributed by atoms with Gasteiger partial charge in [0.05, 0.1) is 23.6 Å². The maximum atomic E-state index is 6.11. The molecule has 3 rings (SSSR count). The van der Waals surface area contributed by atoms with Crippen molar-refractivity contribution in [3.05, 3.63) is 53.8 Å². The van der Waals surface area contributed by atoms with Gasteiger partial charge in [0.2, 0.25) is 0 Å². The van der Waals surface area contributed by atoms with Crippen LogP contribution in [0.1, 0.15) is 18.5 Å². The van der Waals surface area contributed by atoms with E-state index < -0.39 is 0 Å². The highest BCUT2D eigenvalue weighted by molar-refractivity contribution is 6.31. The van der Waals surface area contributed by atoms with E-state index in [1.165, 1.54) is 6.33 Å². The number of halogens is 1. The first-order valence-electron chi connectivity index (χ1n) is 6.53. The lowest BCUT2D eigenvalue weighted by atomic mass is 10.1. The average molecular weight is 303 g/mol. The van der Waals surface area contributed by atoms with E-state index in [2.05, 4.69) is 27.4 Å². The molecule has 0 saturated carbocycles. The monoisotopic (exact) mass is 302 g/mol. The summed E-state index contributed by atoms with van der Waals surface area (Å²) < 4.78 is 3.48. The van der Waals surface area contributed by atoms with Crippen molar-refractivity contribution in [3.8, 4) is 5.69 Å². The van der Waals surface area contributed by atoms with Crippen LogP contribution in [0.3, 0.4) is 0 Å². The number of aromatic nitrogens is 5. The van der Waals surface area contributed by atoms with Gasteiger partial charge in [0.15, 0.2) is 0 Å². The lowest BCUT2D eigenvalue weighted by Crippen LogP contribution is -2.09. The number of aryl methyl sites for hydroxylation is 1. The zero-order valence-corrected chi connectivity index (χ0v) is 12.5. The molecular weight excluding hydrogens is 288 g/mol. The van der Waals surface area contributed by atoms with Gasteiger partial charge >= 0.3 is 0 Å². The van der Waals surface area contributed by atoms with E-state index in [0.717, 1.165) is 16.9 Å². The van der Waals surface area contributed by atoms with Crippen LogP contribution in [0.15, 0.2) is 43.2 Å². The molecule has 0 radical (unpaired) electrons. The van der Waals surface area contributed by atoms with Gasteiger partial charge in [-0.25, -0.2) is 9.67 Å². The third-order valence-corrected chi connectivity index (χ3v) is 3.46. The Morgan fingerprint density at radius 3 is 2.81 bits per heavy atom. The van der Waals surface area contributed by atoms with E-state index in [4.69, 9.17) is 11.6 Å². The zero-order chi connectivity index (χ0) is 14.8. The van der Waals surface area contributed by atoms with Crippen LogP contribution in [0.2, 0.25) is 5.02 Å². The van der Waals surface area contributed by atoms with Gasteiger partial charge in [-0.05, 0) is 25.1 Å². The molecule has 0 spiro atoms. The molecule has 0 aliphatic heterocycles. The highest BCUT2D eigenvalue weighted by atomic mass is 35.5. The Labute approximate surface area is 127 Å². The number of hydrogen-bond donors (Lipinski definition) is 1. The molecule has 1 atom stereocenters. The number of anilines is 1. The fourth-order valence-corrected chi connectivity index (χ4v) is 2.31. The standard InChI is InChI=1S/C14H15ClN6/c1-10(11-6-17-20(2)7-11)19-13-5-12(15)3-4-14(13)21-9-16-8-18-21/h3-10,19H,1-2H3. The van der Waals surface area contributed by atoms with Gasteiger partial charge in [-0.2, -0.15) is 10.2 Å². The summed E-state index contributed by atoms with van der Waals surface area (Å²) in [6.45, 7) is 2.07. The summed E-state index contributed by atoms with van der Waals surface area (Å²) in [5.41, 5.74) is 2.89. The summed E-state index contributed by atoms with van der Waals surface area (Å²) in [5.74, 6) is 0. The van der Waals surface area contributed by atoms with E-state index in [9.17, 15) is 0 Å². The normalized spacial score (nSPS) is 12.3. The minimum absolute atomic E-state index is 0.0967. The SMILES string of the molecule is CC(Nc1cc(Cl)ccc1-n1cncn1)c1cnn(C)c1. The van der Waals surface area contributed by atoms with Crippen molar-refractivity contribution in [2.75, 3.05) is 5.32 Å². The fourth-order valence-electron chi connectivity index (χ4n) is 2.14.